The summed E-state index contributed by atoms with van der Waals surface area (Å²) >= 11 is 0. The average Bonchev–Trinajstić information content (AvgIpc) is 2.73. The predicted octanol–water partition coefficient (Wildman–Crippen LogP) is -0.742. The molecule has 2 rings (SSSR count). The maximum atomic E-state index is 12.4. The zero-order chi connectivity index (χ0) is 15.5. The van der Waals surface area contributed by atoms with Gasteiger partial charge in [0.05, 0.1) is 18.1 Å². The molecule has 2 aliphatic rings. The second kappa shape index (κ2) is 6.72. The number of carbonyl (C=O) groups is 1. The van der Waals surface area contributed by atoms with Gasteiger partial charge in [0.15, 0.2) is 9.84 Å². The van der Waals surface area contributed by atoms with Crippen molar-refractivity contribution < 1.29 is 13.2 Å². The van der Waals surface area contributed by atoms with E-state index in [1.807, 2.05) is 4.90 Å². The van der Waals surface area contributed by atoms with Crippen molar-refractivity contribution in [3.05, 3.63) is 25.3 Å². The Hall–Kier alpha value is -1.18. The van der Waals surface area contributed by atoms with Crippen molar-refractivity contribution in [2.24, 2.45) is 0 Å². The Morgan fingerprint density at radius 3 is 2.57 bits per heavy atom. The Morgan fingerprint density at radius 1 is 1.29 bits per heavy atom. The number of hydrogen-bond donors (Lipinski definition) is 1. The molecule has 118 valence electrons. The summed E-state index contributed by atoms with van der Waals surface area (Å²) in [6.07, 6.45) is 3.37. The van der Waals surface area contributed by atoms with Crippen molar-refractivity contribution in [2.75, 3.05) is 44.2 Å². The van der Waals surface area contributed by atoms with Crippen molar-refractivity contribution in [3.63, 3.8) is 0 Å². The van der Waals surface area contributed by atoms with Crippen molar-refractivity contribution in [1.82, 2.24) is 15.1 Å². The second-order valence-electron chi connectivity index (χ2n) is 5.55. The molecule has 2 aliphatic heterocycles. The molecule has 2 saturated heterocycles. The van der Waals surface area contributed by atoms with Crippen molar-refractivity contribution in [3.8, 4) is 0 Å². The normalized spacial score (nSPS) is 27.8. The van der Waals surface area contributed by atoms with Crippen LogP contribution in [0.2, 0.25) is 0 Å². The molecule has 0 saturated carbocycles. The summed E-state index contributed by atoms with van der Waals surface area (Å²) in [5.41, 5.74) is 0. The van der Waals surface area contributed by atoms with Crippen LogP contribution in [0.4, 0.5) is 0 Å². The van der Waals surface area contributed by atoms with Gasteiger partial charge >= 0.3 is 0 Å². The summed E-state index contributed by atoms with van der Waals surface area (Å²) < 4.78 is 23.6. The highest BCUT2D eigenvalue weighted by molar-refractivity contribution is 7.91. The number of nitrogens with zero attached hydrogens (tertiary/aromatic N) is 2. The SMILES string of the molecule is C=CCN(CC=C)C(=O)CN1CCN[C@@H]2CS(=O)(=O)C[C@@H]21. The van der Waals surface area contributed by atoms with Gasteiger partial charge < -0.3 is 10.2 Å². The number of sulfone groups is 1. The maximum absolute atomic E-state index is 12.4. The molecule has 2 fully saturated rings. The summed E-state index contributed by atoms with van der Waals surface area (Å²) in [7, 11) is -3.00. The molecule has 2 heterocycles. The molecule has 2 atom stereocenters. The molecule has 1 amide bonds. The lowest BCUT2D eigenvalue weighted by molar-refractivity contribution is -0.132. The maximum Gasteiger partial charge on any atom is 0.237 e. The third-order valence-corrected chi connectivity index (χ3v) is 5.70. The Morgan fingerprint density at radius 2 is 1.95 bits per heavy atom. The van der Waals surface area contributed by atoms with Crippen LogP contribution >= 0.6 is 0 Å². The molecular formula is C14H23N3O3S. The molecule has 0 radical (unpaired) electrons. The van der Waals surface area contributed by atoms with Gasteiger partial charge in [0.2, 0.25) is 5.91 Å². The second-order valence-corrected chi connectivity index (χ2v) is 7.71. The van der Waals surface area contributed by atoms with Gasteiger partial charge in [-0.3, -0.25) is 9.69 Å². The first-order valence-electron chi connectivity index (χ1n) is 7.14. The third kappa shape index (κ3) is 3.93. The number of carbonyl (C=O) groups excluding carboxylic acids is 1. The van der Waals surface area contributed by atoms with Crippen LogP contribution in [-0.4, -0.2) is 80.4 Å². The van der Waals surface area contributed by atoms with E-state index in [-0.39, 0.29) is 36.0 Å². The minimum absolute atomic E-state index is 0.0141. The van der Waals surface area contributed by atoms with Gasteiger partial charge in [-0.25, -0.2) is 8.42 Å². The van der Waals surface area contributed by atoms with E-state index in [1.54, 1.807) is 17.1 Å². The molecule has 0 aromatic rings. The number of fused-ring (bicyclic) bond motifs is 1. The van der Waals surface area contributed by atoms with Gasteiger partial charge in [0, 0.05) is 38.3 Å². The van der Waals surface area contributed by atoms with Crippen LogP contribution in [0.3, 0.4) is 0 Å². The number of nitrogens with one attached hydrogen (secondary N) is 1. The molecule has 0 spiro atoms. The molecular weight excluding hydrogens is 290 g/mol. The van der Waals surface area contributed by atoms with Crippen molar-refractivity contribution >= 4 is 15.7 Å². The van der Waals surface area contributed by atoms with E-state index in [2.05, 4.69) is 18.5 Å². The van der Waals surface area contributed by atoms with Crippen molar-refractivity contribution in [2.45, 2.75) is 12.1 Å². The lowest BCUT2D eigenvalue weighted by atomic mass is 10.1. The fraction of sp³-hybridized carbons (Fsp3) is 0.643. The number of rotatable bonds is 6. The van der Waals surface area contributed by atoms with Gasteiger partial charge in [-0.05, 0) is 0 Å². The minimum atomic E-state index is -3.00. The highest BCUT2D eigenvalue weighted by Gasteiger charge is 2.43. The summed E-state index contributed by atoms with van der Waals surface area (Å²) in [4.78, 5) is 16.0. The van der Waals surface area contributed by atoms with Crippen molar-refractivity contribution in [1.29, 1.82) is 0 Å². The molecule has 0 bridgehead atoms. The van der Waals surface area contributed by atoms with Gasteiger partial charge in [-0.2, -0.15) is 0 Å². The van der Waals surface area contributed by atoms with Crippen LogP contribution in [-0.2, 0) is 14.6 Å². The molecule has 0 unspecified atom stereocenters. The van der Waals surface area contributed by atoms with E-state index in [0.717, 1.165) is 0 Å². The van der Waals surface area contributed by atoms with Gasteiger partial charge in [-0.1, -0.05) is 12.2 Å². The number of piperazine rings is 1. The number of hydrogen-bond acceptors (Lipinski definition) is 5. The molecule has 0 aromatic carbocycles. The first-order valence-corrected chi connectivity index (χ1v) is 8.96. The predicted molar refractivity (Wildman–Crippen MR) is 82.8 cm³/mol. The average molecular weight is 313 g/mol. The van der Waals surface area contributed by atoms with Crippen LogP contribution in [0.25, 0.3) is 0 Å². The molecule has 6 nitrogen and oxygen atoms in total. The minimum Gasteiger partial charge on any atom is -0.334 e. The zero-order valence-electron chi connectivity index (χ0n) is 12.2. The summed E-state index contributed by atoms with van der Waals surface area (Å²) in [6.45, 7) is 9.92. The standard InChI is InChI=1S/C14H23N3O3S/c1-3-6-16(7-4-2)14(18)9-17-8-5-15-12-10-21(19,20)11-13(12)17/h3-4,12-13,15H,1-2,5-11H2/t12-,13+/m1/s1. The van der Waals surface area contributed by atoms with Gasteiger partial charge in [0.1, 0.15) is 0 Å². The molecule has 1 N–H and O–H groups in total. The highest BCUT2D eigenvalue weighted by Crippen LogP contribution is 2.21. The Balaban J connectivity index is 2.02. The quantitative estimate of drug-likeness (QED) is 0.654. The number of amides is 1. The Kier molecular flexibility index (Phi) is 5.18. The lowest BCUT2D eigenvalue weighted by Crippen LogP contribution is -2.59. The first kappa shape index (κ1) is 16.2. The summed E-state index contributed by atoms with van der Waals surface area (Å²) in [5.74, 6) is 0.298. The molecule has 7 heteroatoms. The van der Waals surface area contributed by atoms with Crippen LogP contribution in [0.15, 0.2) is 25.3 Å². The smallest absolute Gasteiger partial charge is 0.237 e. The van der Waals surface area contributed by atoms with E-state index < -0.39 is 9.84 Å². The molecule has 0 aromatic heterocycles. The molecule has 21 heavy (non-hydrogen) atoms. The van der Waals surface area contributed by atoms with E-state index in [1.165, 1.54) is 0 Å². The van der Waals surface area contributed by atoms with E-state index in [9.17, 15) is 13.2 Å². The first-order chi connectivity index (χ1) is 9.96. The fourth-order valence-electron chi connectivity index (χ4n) is 3.00. The van der Waals surface area contributed by atoms with Crippen LogP contribution in [0.5, 0.6) is 0 Å². The monoisotopic (exact) mass is 313 g/mol. The summed E-state index contributed by atoms with van der Waals surface area (Å²) in [5, 5.41) is 3.24. The van der Waals surface area contributed by atoms with Gasteiger partial charge in [-0.15, -0.1) is 13.2 Å². The molecule has 0 aliphatic carbocycles. The van der Waals surface area contributed by atoms with E-state index in [0.29, 0.717) is 26.2 Å². The van der Waals surface area contributed by atoms with E-state index in [4.69, 9.17) is 0 Å². The van der Waals surface area contributed by atoms with Crippen LogP contribution < -0.4 is 5.32 Å². The zero-order valence-corrected chi connectivity index (χ0v) is 13.0. The largest absolute Gasteiger partial charge is 0.334 e. The van der Waals surface area contributed by atoms with Crippen LogP contribution in [0, 0.1) is 0 Å². The summed E-state index contributed by atoms with van der Waals surface area (Å²) in [6, 6.07) is -0.147. The fourth-order valence-corrected chi connectivity index (χ4v) is 4.99. The van der Waals surface area contributed by atoms with Crippen LogP contribution in [0.1, 0.15) is 0 Å². The third-order valence-electron chi connectivity index (χ3n) is 3.99. The van der Waals surface area contributed by atoms with E-state index >= 15 is 0 Å². The lowest BCUT2D eigenvalue weighted by Gasteiger charge is -2.37. The van der Waals surface area contributed by atoms with Gasteiger partial charge in [0.25, 0.3) is 0 Å². The Bertz CT molecular complexity index is 508. The highest BCUT2D eigenvalue weighted by atomic mass is 32.2. The Labute approximate surface area is 126 Å². The topological polar surface area (TPSA) is 69.7 Å².